The van der Waals surface area contributed by atoms with Crippen molar-refractivity contribution in [1.29, 1.82) is 0 Å². The van der Waals surface area contributed by atoms with E-state index in [4.69, 9.17) is 4.43 Å². The van der Waals surface area contributed by atoms with E-state index < -0.39 is 16.4 Å². The third kappa shape index (κ3) is 4.99. The quantitative estimate of drug-likeness (QED) is 0.495. The molecule has 1 nitrogen and oxygen atoms in total. The zero-order valence-electron chi connectivity index (χ0n) is 16.9. The van der Waals surface area contributed by atoms with Crippen LogP contribution in [0, 0.1) is 0 Å². The molecule has 0 spiro atoms. The van der Waals surface area contributed by atoms with Gasteiger partial charge in [0.05, 0.1) is 8.07 Å². The van der Waals surface area contributed by atoms with E-state index in [-0.39, 0.29) is 0 Å². The fourth-order valence-electron chi connectivity index (χ4n) is 3.46. The first-order valence-electron chi connectivity index (χ1n) is 9.76. The van der Waals surface area contributed by atoms with Gasteiger partial charge in [-0.25, -0.2) is 0 Å². The number of aryl methyl sites for hydroxylation is 1. The van der Waals surface area contributed by atoms with Gasteiger partial charge in [-0.05, 0) is 42.4 Å². The van der Waals surface area contributed by atoms with Gasteiger partial charge in [-0.3, -0.25) is 0 Å². The molecule has 0 aliphatic carbocycles. The van der Waals surface area contributed by atoms with E-state index >= 15 is 0 Å². The van der Waals surface area contributed by atoms with Gasteiger partial charge in [0.1, 0.15) is 5.75 Å². The van der Waals surface area contributed by atoms with Crippen molar-refractivity contribution in [3.8, 4) is 5.75 Å². The molecular formula is C24H30OSi2. The molecule has 3 rings (SSSR count). The largest absolute Gasteiger partial charge is 0.539 e. The highest BCUT2D eigenvalue weighted by molar-refractivity contribution is 6.89. The van der Waals surface area contributed by atoms with Crippen molar-refractivity contribution in [2.24, 2.45) is 0 Å². The van der Waals surface area contributed by atoms with Crippen LogP contribution in [0.3, 0.4) is 0 Å². The second-order valence-corrected chi connectivity index (χ2v) is 17.0. The number of hydrogen-bond acceptors (Lipinski definition) is 1. The Bertz CT molecular complexity index is 858. The molecule has 0 amide bonds. The first kappa shape index (κ1) is 19.6. The molecule has 3 aromatic rings. The molecule has 0 radical (unpaired) electrons. The van der Waals surface area contributed by atoms with Gasteiger partial charge < -0.3 is 4.43 Å². The Balaban J connectivity index is 1.77. The van der Waals surface area contributed by atoms with E-state index in [2.05, 4.69) is 111 Å². The Kier molecular flexibility index (Phi) is 6.02. The normalized spacial score (nSPS) is 12.0. The second kappa shape index (κ2) is 8.28. The Hall–Kier alpha value is -2.11. The van der Waals surface area contributed by atoms with Crippen LogP contribution in [0.4, 0.5) is 0 Å². The fourth-order valence-corrected chi connectivity index (χ4v) is 7.60. The first-order chi connectivity index (χ1) is 12.9. The van der Waals surface area contributed by atoms with Crippen LogP contribution in [-0.4, -0.2) is 16.4 Å². The smallest absolute Gasteiger partial charge is 0.276 e. The van der Waals surface area contributed by atoms with E-state index in [1.165, 1.54) is 22.0 Å². The third-order valence-electron chi connectivity index (χ3n) is 5.38. The highest BCUT2D eigenvalue weighted by atomic mass is 28.4. The molecule has 0 aliphatic rings. The van der Waals surface area contributed by atoms with E-state index in [1.54, 1.807) is 0 Å². The lowest BCUT2D eigenvalue weighted by Gasteiger charge is -2.27. The van der Waals surface area contributed by atoms with Crippen molar-refractivity contribution >= 4 is 26.8 Å². The topological polar surface area (TPSA) is 9.23 Å². The molecule has 0 bridgehead atoms. The van der Waals surface area contributed by atoms with Crippen LogP contribution < -0.4 is 14.8 Å². The van der Waals surface area contributed by atoms with Crippen molar-refractivity contribution in [2.45, 2.75) is 38.7 Å². The molecule has 3 aromatic carbocycles. The van der Waals surface area contributed by atoms with Crippen molar-refractivity contribution in [3.05, 3.63) is 90.5 Å². The first-order valence-corrected chi connectivity index (χ1v) is 15.9. The second-order valence-electron chi connectivity index (χ2n) is 8.34. The molecule has 140 valence electrons. The zero-order valence-corrected chi connectivity index (χ0v) is 18.9. The molecule has 0 atom stereocenters. The monoisotopic (exact) mass is 390 g/mol. The number of para-hydroxylation sites is 1. The number of benzene rings is 3. The Morgan fingerprint density at radius 1 is 0.630 bits per heavy atom. The molecule has 0 aliphatic heterocycles. The van der Waals surface area contributed by atoms with Crippen LogP contribution in [0.25, 0.3) is 0 Å². The molecule has 0 saturated heterocycles. The molecule has 0 saturated carbocycles. The summed E-state index contributed by atoms with van der Waals surface area (Å²) in [7, 11) is -3.43. The lowest BCUT2D eigenvalue weighted by molar-refractivity contribution is 0.556. The molecular weight excluding hydrogens is 360 g/mol. The minimum Gasteiger partial charge on any atom is -0.539 e. The van der Waals surface area contributed by atoms with Crippen molar-refractivity contribution < 1.29 is 4.43 Å². The average Bonchev–Trinajstić information content (AvgIpc) is 2.68. The van der Waals surface area contributed by atoms with E-state index in [9.17, 15) is 0 Å². The lowest BCUT2D eigenvalue weighted by Crippen LogP contribution is -2.47. The van der Waals surface area contributed by atoms with Gasteiger partial charge in [0, 0.05) is 0 Å². The van der Waals surface area contributed by atoms with Crippen LogP contribution in [0.15, 0.2) is 84.9 Å². The maximum atomic E-state index is 6.64. The van der Waals surface area contributed by atoms with E-state index in [1.807, 2.05) is 0 Å². The summed E-state index contributed by atoms with van der Waals surface area (Å²) in [5.74, 6) is 1.07. The highest BCUT2D eigenvalue weighted by Gasteiger charge is 2.28. The van der Waals surface area contributed by atoms with Crippen molar-refractivity contribution in [3.63, 3.8) is 0 Å². The van der Waals surface area contributed by atoms with Crippen molar-refractivity contribution in [1.82, 2.24) is 0 Å². The maximum absolute atomic E-state index is 6.64. The van der Waals surface area contributed by atoms with Gasteiger partial charge in [0.2, 0.25) is 0 Å². The lowest BCUT2D eigenvalue weighted by atomic mass is 10.1. The van der Waals surface area contributed by atoms with Crippen LogP contribution in [0.2, 0.25) is 32.2 Å². The van der Waals surface area contributed by atoms with Gasteiger partial charge >= 0.3 is 0 Å². The fraction of sp³-hybridized carbons (Fsp3) is 0.250. The third-order valence-corrected chi connectivity index (χ3v) is 11.2. The number of rotatable bonds is 7. The average molecular weight is 391 g/mol. The van der Waals surface area contributed by atoms with Gasteiger partial charge in [0.15, 0.2) is 0 Å². The summed E-state index contributed by atoms with van der Waals surface area (Å²) in [6.07, 6.45) is 1.07. The molecule has 0 unspecified atom stereocenters. The van der Waals surface area contributed by atoms with Crippen LogP contribution in [-0.2, 0) is 6.42 Å². The summed E-state index contributed by atoms with van der Waals surface area (Å²) < 4.78 is 6.64. The predicted octanol–water partition coefficient (Wildman–Crippen LogP) is 5.34. The molecule has 0 N–H and O–H groups in total. The van der Waals surface area contributed by atoms with Crippen LogP contribution >= 0.6 is 0 Å². The van der Waals surface area contributed by atoms with E-state index in [0.29, 0.717) is 0 Å². The Labute approximate surface area is 166 Å². The Morgan fingerprint density at radius 2 is 1.15 bits per heavy atom. The molecule has 27 heavy (non-hydrogen) atoms. The standard InChI is InChI=1S/C24H30OSi2/c1-26(2,22-14-7-5-8-15-22)20-19-21-13-11-12-18-24(21)25-27(3,4)23-16-9-6-10-17-23/h5-18H,19-20H2,1-4H3. The highest BCUT2D eigenvalue weighted by Crippen LogP contribution is 2.25. The summed E-state index contributed by atoms with van der Waals surface area (Å²) in [5.41, 5.74) is 1.34. The number of hydrogen-bond donors (Lipinski definition) is 0. The van der Waals surface area contributed by atoms with Crippen molar-refractivity contribution in [2.75, 3.05) is 0 Å². The summed E-state index contributed by atoms with van der Waals surface area (Å²) in [4.78, 5) is 0. The maximum Gasteiger partial charge on any atom is 0.276 e. The SMILES string of the molecule is C[Si](C)(CCc1ccccc1O[Si](C)(C)c1ccccc1)c1ccccc1. The zero-order chi connectivity index (χ0) is 19.3. The van der Waals surface area contributed by atoms with Gasteiger partial charge in [-0.1, -0.05) is 97.1 Å². The van der Waals surface area contributed by atoms with Gasteiger partial charge in [-0.2, -0.15) is 0 Å². The van der Waals surface area contributed by atoms with Crippen LogP contribution in [0.1, 0.15) is 5.56 Å². The van der Waals surface area contributed by atoms with Gasteiger partial charge in [-0.15, -0.1) is 0 Å². The minimum absolute atomic E-state index is 1.07. The van der Waals surface area contributed by atoms with Crippen LogP contribution in [0.5, 0.6) is 5.75 Å². The predicted molar refractivity (Wildman–Crippen MR) is 123 cm³/mol. The molecule has 0 aromatic heterocycles. The summed E-state index contributed by atoms with van der Waals surface area (Å²) >= 11 is 0. The van der Waals surface area contributed by atoms with Gasteiger partial charge in [0.25, 0.3) is 8.32 Å². The molecule has 0 fully saturated rings. The molecule has 0 heterocycles. The summed E-state index contributed by atoms with van der Waals surface area (Å²) in [5, 5.41) is 2.86. The Morgan fingerprint density at radius 3 is 1.78 bits per heavy atom. The summed E-state index contributed by atoms with van der Waals surface area (Å²) in [6.45, 7) is 9.49. The molecule has 3 heteroatoms. The minimum atomic E-state index is -1.98. The van der Waals surface area contributed by atoms with E-state index in [0.717, 1.165) is 12.2 Å². The summed E-state index contributed by atoms with van der Waals surface area (Å²) in [6, 6.07) is 31.5.